The average Bonchev–Trinajstić information content (AvgIpc) is 2.73. The molecule has 0 bridgehead atoms. The van der Waals surface area contributed by atoms with Crippen LogP contribution >= 0.6 is 12.6 Å². The van der Waals surface area contributed by atoms with Crippen molar-refractivity contribution in [1.82, 2.24) is 0 Å². The highest BCUT2D eigenvalue weighted by molar-refractivity contribution is 7.80. The average molecular weight is 403 g/mol. The zero-order valence-electron chi connectivity index (χ0n) is 17.6. The third-order valence-corrected chi connectivity index (χ3v) is 7.48. The Hall–Kier alpha value is -0.960. The third kappa shape index (κ3) is 6.54. The van der Waals surface area contributed by atoms with Gasteiger partial charge in [-0.05, 0) is 80.5 Å². The summed E-state index contributed by atoms with van der Waals surface area (Å²) < 4.78 is 5.59. The van der Waals surface area contributed by atoms with Crippen molar-refractivity contribution in [3.8, 4) is 5.75 Å². The lowest BCUT2D eigenvalue weighted by Gasteiger charge is -2.37. The smallest absolute Gasteiger partial charge is 0.314 e. The summed E-state index contributed by atoms with van der Waals surface area (Å²) in [6.45, 7) is 2.29. The van der Waals surface area contributed by atoms with Gasteiger partial charge >= 0.3 is 5.97 Å². The second-order valence-corrected chi connectivity index (χ2v) is 9.67. The summed E-state index contributed by atoms with van der Waals surface area (Å²) in [6.07, 6.45) is 17.2. The van der Waals surface area contributed by atoms with Crippen molar-refractivity contribution in [1.29, 1.82) is 0 Å². The zero-order chi connectivity index (χ0) is 19.8. The number of unbranched alkanes of at least 4 members (excludes halogenated alkanes) is 3. The minimum absolute atomic E-state index is 0.0406. The summed E-state index contributed by atoms with van der Waals surface area (Å²) in [5.41, 5.74) is 0. The number of esters is 1. The van der Waals surface area contributed by atoms with Gasteiger partial charge in [-0.3, -0.25) is 4.79 Å². The van der Waals surface area contributed by atoms with E-state index in [0.29, 0.717) is 5.75 Å². The number of carbonyl (C=O) groups excluding carboxylic acids is 1. The summed E-state index contributed by atoms with van der Waals surface area (Å²) in [5, 5.41) is 0. The molecule has 2 nitrogen and oxygen atoms in total. The highest BCUT2D eigenvalue weighted by Gasteiger charge is 2.33. The fourth-order valence-corrected chi connectivity index (χ4v) is 5.50. The number of benzene rings is 1. The van der Waals surface area contributed by atoms with E-state index in [4.69, 9.17) is 4.74 Å². The highest BCUT2D eigenvalue weighted by atomic mass is 32.1. The van der Waals surface area contributed by atoms with Gasteiger partial charge in [0.05, 0.1) is 5.92 Å². The van der Waals surface area contributed by atoms with Gasteiger partial charge in [-0.2, -0.15) is 0 Å². The van der Waals surface area contributed by atoms with Crippen molar-refractivity contribution in [2.24, 2.45) is 23.7 Å². The maximum atomic E-state index is 12.5. The van der Waals surface area contributed by atoms with E-state index in [9.17, 15) is 4.79 Å². The summed E-state index contributed by atoms with van der Waals surface area (Å²) in [7, 11) is 0. The van der Waals surface area contributed by atoms with Crippen molar-refractivity contribution >= 4 is 18.6 Å². The molecule has 0 aromatic heterocycles. The van der Waals surface area contributed by atoms with E-state index in [1.165, 1.54) is 70.6 Å². The molecule has 0 radical (unpaired) electrons. The molecule has 0 heterocycles. The molecule has 2 saturated carbocycles. The van der Waals surface area contributed by atoms with Crippen molar-refractivity contribution in [3.05, 3.63) is 24.3 Å². The van der Waals surface area contributed by atoms with Crippen LogP contribution in [0.3, 0.4) is 0 Å². The molecule has 3 rings (SSSR count). The van der Waals surface area contributed by atoms with Crippen LogP contribution < -0.4 is 4.74 Å². The van der Waals surface area contributed by atoms with Crippen LogP contribution in [0.4, 0.5) is 0 Å². The predicted octanol–water partition coefficient (Wildman–Crippen LogP) is 7.46. The number of hydrogen-bond donors (Lipinski definition) is 1. The molecule has 0 amide bonds. The van der Waals surface area contributed by atoms with Crippen LogP contribution in [0.5, 0.6) is 5.75 Å². The first-order chi connectivity index (χ1) is 13.7. The van der Waals surface area contributed by atoms with E-state index in [-0.39, 0.29) is 11.9 Å². The topological polar surface area (TPSA) is 26.3 Å². The first-order valence-corrected chi connectivity index (χ1v) is 12.1. The molecule has 2 aliphatic rings. The quantitative estimate of drug-likeness (QED) is 0.211. The minimum Gasteiger partial charge on any atom is -0.426 e. The fourth-order valence-electron chi connectivity index (χ4n) is 5.35. The maximum Gasteiger partial charge on any atom is 0.314 e. The molecule has 0 N–H and O–H groups in total. The normalized spacial score (nSPS) is 28.1. The van der Waals surface area contributed by atoms with E-state index in [0.717, 1.165) is 35.5 Å². The number of ether oxygens (including phenoxy) is 1. The van der Waals surface area contributed by atoms with Crippen molar-refractivity contribution in [2.45, 2.75) is 95.3 Å². The second kappa shape index (κ2) is 11.3. The van der Waals surface area contributed by atoms with Gasteiger partial charge in [0, 0.05) is 4.90 Å². The van der Waals surface area contributed by atoms with Crippen molar-refractivity contribution in [2.75, 3.05) is 0 Å². The van der Waals surface area contributed by atoms with Gasteiger partial charge in [-0.15, -0.1) is 12.6 Å². The van der Waals surface area contributed by atoms with Crippen LogP contribution in [0, 0.1) is 23.7 Å². The molecule has 0 unspecified atom stereocenters. The predicted molar refractivity (Wildman–Crippen MR) is 119 cm³/mol. The SMILES string of the molecule is CCCCCCC1CCC(C2CCC(C(=O)Oc3ccc(S)cc3)CC2)CC1. The van der Waals surface area contributed by atoms with Crippen LogP contribution in [0.25, 0.3) is 0 Å². The van der Waals surface area contributed by atoms with E-state index < -0.39 is 0 Å². The Labute approximate surface area is 177 Å². The molecule has 0 atom stereocenters. The van der Waals surface area contributed by atoms with Gasteiger partial charge in [0.15, 0.2) is 0 Å². The number of thiol groups is 1. The Balaban J connectivity index is 1.35. The highest BCUT2D eigenvalue weighted by Crippen LogP contribution is 2.42. The molecule has 0 spiro atoms. The van der Waals surface area contributed by atoms with Gasteiger partial charge < -0.3 is 4.74 Å². The Kier molecular flexibility index (Phi) is 8.76. The van der Waals surface area contributed by atoms with E-state index in [1.807, 2.05) is 24.3 Å². The number of hydrogen-bond acceptors (Lipinski definition) is 3. The Morgan fingerprint density at radius 3 is 2.11 bits per heavy atom. The summed E-state index contributed by atoms with van der Waals surface area (Å²) >= 11 is 4.27. The van der Waals surface area contributed by atoms with Crippen molar-refractivity contribution in [3.63, 3.8) is 0 Å². The molecular formula is C25H38O2S. The molecule has 2 fully saturated rings. The molecule has 2 aliphatic carbocycles. The van der Waals surface area contributed by atoms with E-state index in [1.54, 1.807) is 0 Å². The molecular weight excluding hydrogens is 364 g/mol. The largest absolute Gasteiger partial charge is 0.426 e. The van der Waals surface area contributed by atoms with Gasteiger partial charge in [0.25, 0.3) is 0 Å². The Morgan fingerprint density at radius 1 is 0.893 bits per heavy atom. The van der Waals surface area contributed by atoms with Crippen LogP contribution in [0.1, 0.15) is 90.4 Å². The molecule has 156 valence electrons. The van der Waals surface area contributed by atoms with Gasteiger partial charge in [-0.25, -0.2) is 0 Å². The molecule has 1 aromatic carbocycles. The van der Waals surface area contributed by atoms with Gasteiger partial charge in [-0.1, -0.05) is 51.9 Å². The summed E-state index contributed by atoms with van der Waals surface area (Å²) in [4.78, 5) is 13.4. The molecule has 28 heavy (non-hydrogen) atoms. The second-order valence-electron chi connectivity index (χ2n) is 9.16. The van der Waals surface area contributed by atoms with Crippen LogP contribution in [0.2, 0.25) is 0 Å². The monoisotopic (exact) mass is 402 g/mol. The fraction of sp³-hybridized carbons (Fsp3) is 0.720. The Morgan fingerprint density at radius 2 is 1.50 bits per heavy atom. The molecule has 0 saturated heterocycles. The lowest BCUT2D eigenvalue weighted by Crippen LogP contribution is -2.30. The standard InChI is InChI=1S/C25H38O2S/c1-2-3-4-5-6-19-7-9-20(10-8-19)21-11-13-22(14-12-21)25(26)27-23-15-17-24(28)18-16-23/h15-22,28H,2-14H2,1H3. The van der Waals surface area contributed by atoms with Crippen LogP contribution in [-0.4, -0.2) is 5.97 Å². The van der Waals surface area contributed by atoms with E-state index in [2.05, 4.69) is 19.6 Å². The molecule has 0 aliphatic heterocycles. The third-order valence-electron chi connectivity index (χ3n) is 7.18. The first-order valence-electron chi connectivity index (χ1n) is 11.7. The van der Waals surface area contributed by atoms with E-state index >= 15 is 0 Å². The lowest BCUT2D eigenvalue weighted by atomic mass is 9.68. The molecule has 3 heteroatoms. The first kappa shape index (κ1) is 21.7. The van der Waals surface area contributed by atoms with Crippen molar-refractivity contribution < 1.29 is 9.53 Å². The van der Waals surface area contributed by atoms with Crippen LogP contribution in [0.15, 0.2) is 29.2 Å². The Bertz CT molecular complexity index is 581. The van der Waals surface area contributed by atoms with Gasteiger partial charge in [0.1, 0.15) is 5.75 Å². The van der Waals surface area contributed by atoms with Crippen LogP contribution in [-0.2, 0) is 4.79 Å². The summed E-state index contributed by atoms with van der Waals surface area (Å²) in [5.74, 6) is 3.42. The summed E-state index contributed by atoms with van der Waals surface area (Å²) in [6, 6.07) is 7.38. The zero-order valence-corrected chi connectivity index (χ0v) is 18.5. The van der Waals surface area contributed by atoms with Gasteiger partial charge in [0.2, 0.25) is 0 Å². The maximum absolute atomic E-state index is 12.5. The minimum atomic E-state index is -0.0406. The number of rotatable bonds is 8. The molecule has 1 aromatic rings. The number of carbonyl (C=O) groups is 1. The lowest BCUT2D eigenvalue weighted by molar-refractivity contribution is -0.140.